The van der Waals surface area contributed by atoms with Crippen molar-refractivity contribution in [3.05, 3.63) is 84.6 Å². The van der Waals surface area contributed by atoms with Gasteiger partial charge in [0.05, 0.1) is 0 Å². The lowest BCUT2D eigenvalue weighted by Crippen LogP contribution is -2.38. The van der Waals surface area contributed by atoms with Crippen molar-refractivity contribution in [3.8, 4) is 0 Å². The molecule has 0 spiro atoms. The van der Waals surface area contributed by atoms with Gasteiger partial charge in [0.1, 0.15) is 0 Å². The third kappa shape index (κ3) is 2.10. The van der Waals surface area contributed by atoms with Gasteiger partial charge in [-0.2, -0.15) is 0 Å². The lowest BCUT2D eigenvalue weighted by molar-refractivity contribution is 0.219. The predicted octanol–water partition coefficient (Wildman–Crippen LogP) is 5.17. The van der Waals surface area contributed by atoms with Crippen LogP contribution in [0.5, 0.6) is 0 Å². The molecule has 0 heterocycles. The summed E-state index contributed by atoms with van der Waals surface area (Å²) < 4.78 is 0. The van der Waals surface area contributed by atoms with Gasteiger partial charge in [0.2, 0.25) is 0 Å². The van der Waals surface area contributed by atoms with Crippen LogP contribution in [0.3, 0.4) is 0 Å². The van der Waals surface area contributed by atoms with Crippen LogP contribution in [0.2, 0.25) is 0 Å². The molecule has 0 aliphatic heterocycles. The fourth-order valence-corrected chi connectivity index (χ4v) is 3.75. The average molecular weight is 262 g/mol. The lowest BCUT2D eigenvalue weighted by atomic mass is 9.59. The second-order valence-corrected chi connectivity index (χ2v) is 6.11. The summed E-state index contributed by atoms with van der Waals surface area (Å²) in [6, 6.07) is 0. The fraction of sp³-hybridized carbons (Fsp3) is 0.300. The van der Waals surface area contributed by atoms with Gasteiger partial charge in [0.15, 0.2) is 0 Å². The Morgan fingerprint density at radius 2 is 0.950 bits per heavy atom. The minimum absolute atomic E-state index is 0.0787. The zero-order chi connectivity index (χ0) is 14.0. The van der Waals surface area contributed by atoms with Gasteiger partial charge in [-0.25, -0.2) is 0 Å². The second kappa shape index (κ2) is 5.28. The number of hydrogen-bond donors (Lipinski definition) is 0. The van der Waals surface area contributed by atoms with Crippen LogP contribution in [0.1, 0.15) is 13.8 Å². The smallest absolute Gasteiger partial charge is 0.0177 e. The normalized spacial score (nSPS) is 21.7. The van der Waals surface area contributed by atoms with Crippen molar-refractivity contribution in [2.75, 3.05) is 0 Å². The van der Waals surface area contributed by atoms with E-state index in [-0.39, 0.29) is 5.41 Å². The summed E-state index contributed by atoms with van der Waals surface area (Å²) in [6.07, 6.45) is 29.7. The summed E-state index contributed by atoms with van der Waals surface area (Å²) in [5.74, 6) is 1.35. The topological polar surface area (TPSA) is 0 Å². The van der Waals surface area contributed by atoms with Gasteiger partial charge in [-0.1, -0.05) is 84.6 Å². The van der Waals surface area contributed by atoms with Crippen LogP contribution in [-0.2, 0) is 0 Å². The maximum atomic E-state index is 2.49. The van der Waals surface area contributed by atoms with Crippen molar-refractivity contribution >= 4 is 0 Å². The van der Waals surface area contributed by atoms with Crippen molar-refractivity contribution in [2.45, 2.75) is 13.8 Å². The molecule has 0 saturated carbocycles. The van der Waals surface area contributed by atoms with Gasteiger partial charge in [-0.15, -0.1) is 0 Å². The van der Waals surface area contributed by atoms with Crippen molar-refractivity contribution in [2.24, 2.45) is 23.2 Å². The quantitative estimate of drug-likeness (QED) is 0.613. The van der Waals surface area contributed by atoms with Crippen LogP contribution in [0, 0.1) is 23.2 Å². The summed E-state index contributed by atoms with van der Waals surface area (Å²) in [5, 5.41) is 0. The van der Waals surface area contributed by atoms with Crippen molar-refractivity contribution in [1.29, 1.82) is 0 Å². The number of hydrogen-bond acceptors (Lipinski definition) is 0. The van der Waals surface area contributed by atoms with Crippen molar-refractivity contribution in [1.82, 2.24) is 0 Å². The van der Waals surface area contributed by atoms with E-state index in [0.717, 1.165) is 0 Å². The Morgan fingerprint density at radius 3 is 1.20 bits per heavy atom. The van der Waals surface area contributed by atoms with E-state index in [1.807, 2.05) is 0 Å². The molecule has 0 fully saturated rings. The molecule has 0 nitrogen and oxygen atoms in total. The van der Waals surface area contributed by atoms with E-state index >= 15 is 0 Å². The summed E-state index contributed by atoms with van der Waals surface area (Å²) >= 11 is 0. The highest BCUT2D eigenvalue weighted by Crippen LogP contribution is 2.51. The van der Waals surface area contributed by atoms with Crippen LogP contribution in [0.4, 0.5) is 0 Å². The zero-order valence-corrected chi connectivity index (χ0v) is 12.2. The molecule has 0 aromatic heterocycles. The third-order valence-electron chi connectivity index (χ3n) is 4.51. The largest absolute Gasteiger partial charge is 0.0798 e. The Kier molecular flexibility index (Phi) is 3.48. The highest BCUT2D eigenvalue weighted by atomic mass is 14.5. The molecule has 0 amide bonds. The maximum Gasteiger partial charge on any atom is 0.0177 e. The summed E-state index contributed by atoms with van der Waals surface area (Å²) in [5.41, 5.74) is 1.47. The number of allylic oxidation sites excluding steroid dienone is 14. The molecular formula is C20H22. The number of rotatable bonds is 4. The van der Waals surface area contributed by atoms with Gasteiger partial charge in [0.25, 0.3) is 0 Å². The van der Waals surface area contributed by atoms with E-state index in [1.54, 1.807) is 0 Å². The van der Waals surface area contributed by atoms with Crippen LogP contribution in [0.25, 0.3) is 0 Å². The van der Waals surface area contributed by atoms with Gasteiger partial charge >= 0.3 is 0 Å². The minimum Gasteiger partial charge on any atom is -0.0798 e. The first-order valence-electron chi connectivity index (χ1n) is 7.44. The van der Waals surface area contributed by atoms with Crippen LogP contribution < -0.4 is 0 Å². The average Bonchev–Trinajstić information content (AvgIpc) is 3.15. The Balaban J connectivity index is 2.14. The molecule has 0 aromatic carbocycles. The molecule has 0 saturated heterocycles. The molecule has 0 atom stereocenters. The Bertz CT molecular complexity index is 466. The van der Waals surface area contributed by atoms with Gasteiger partial charge in [0, 0.05) is 23.2 Å². The second-order valence-electron chi connectivity index (χ2n) is 6.11. The van der Waals surface area contributed by atoms with Crippen molar-refractivity contribution in [3.63, 3.8) is 0 Å². The highest BCUT2D eigenvalue weighted by Gasteiger charge is 2.45. The summed E-state index contributed by atoms with van der Waals surface area (Å²) in [4.78, 5) is 0. The first-order chi connectivity index (χ1) is 9.73. The fourth-order valence-electron chi connectivity index (χ4n) is 3.75. The molecule has 0 aromatic rings. The van der Waals surface area contributed by atoms with E-state index in [1.165, 1.54) is 5.57 Å². The first-order valence-corrected chi connectivity index (χ1v) is 7.44. The lowest BCUT2D eigenvalue weighted by Gasteiger charge is -2.43. The molecule has 0 heteroatoms. The standard InChI is InChI=1S/C20H22/c1-16(2)15-20(17-9-3-4-10-17,18-11-5-6-12-18)19-13-7-8-14-19/h3-15,17-19H,1-2H3. The molecule has 20 heavy (non-hydrogen) atoms. The van der Waals surface area contributed by atoms with Crippen LogP contribution >= 0.6 is 0 Å². The molecule has 3 aliphatic rings. The molecule has 3 rings (SSSR count). The van der Waals surface area contributed by atoms with E-state index in [2.05, 4.69) is 92.8 Å². The summed E-state index contributed by atoms with van der Waals surface area (Å²) in [6.45, 7) is 4.42. The monoisotopic (exact) mass is 262 g/mol. The Hall–Kier alpha value is -1.82. The Morgan fingerprint density at radius 1 is 0.650 bits per heavy atom. The maximum absolute atomic E-state index is 2.49. The molecule has 3 aliphatic carbocycles. The van der Waals surface area contributed by atoms with E-state index in [9.17, 15) is 0 Å². The molecular weight excluding hydrogens is 240 g/mol. The van der Waals surface area contributed by atoms with E-state index in [4.69, 9.17) is 0 Å². The van der Waals surface area contributed by atoms with E-state index < -0.39 is 0 Å². The van der Waals surface area contributed by atoms with Crippen LogP contribution in [-0.4, -0.2) is 0 Å². The van der Waals surface area contributed by atoms with Gasteiger partial charge in [-0.05, 0) is 13.8 Å². The van der Waals surface area contributed by atoms with Gasteiger partial charge in [-0.3, -0.25) is 0 Å². The highest BCUT2D eigenvalue weighted by molar-refractivity contribution is 5.38. The molecule has 0 radical (unpaired) electrons. The molecule has 0 N–H and O–H groups in total. The third-order valence-corrected chi connectivity index (χ3v) is 4.51. The van der Waals surface area contributed by atoms with Gasteiger partial charge < -0.3 is 0 Å². The molecule has 102 valence electrons. The zero-order valence-electron chi connectivity index (χ0n) is 12.2. The van der Waals surface area contributed by atoms with E-state index in [0.29, 0.717) is 17.8 Å². The molecule has 0 bridgehead atoms. The van der Waals surface area contributed by atoms with Crippen LogP contribution in [0.15, 0.2) is 84.6 Å². The summed E-state index contributed by atoms with van der Waals surface area (Å²) in [7, 11) is 0. The van der Waals surface area contributed by atoms with Crippen molar-refractivity contribution < 1.29 is 0 Å². The minimum atomic E-state index is 0.0787. The first kappa shape index (κ1) is 13.2. The molecule has 0 unspecified atom stereocenters. The predicted molar refractivity (Wildman–Crippen MR) is 87.2 cm³/mol. The Labute approximate surface area is 122 Å². The SMILES string of the molecule is CC(C)=CC(C1C=CC=C1)(C1C=CC=C1)C1C=CC=C1.